The number of nitrogens with one attached hydrogen (secondary N) is 1. The molecular weight excluding hydrogens is 474 g/mol. The van der Waals surface area contributed by atoms with E-state index < -0.39 is 11.6 Å². The summed E-state index contributed by atoms with van der Waals surface area (Å²) in [5.41, 5.74) is 1.02. The molecule has 0 radical (unpaired) electrons. The quantitative estimate of drug-likeness (QED) is 0.473. The first kappa shape index (κ1) is 25.7. The third-order valence-corrected chi connectivity index (χ3v) is 7.44. The Morgan fingerprint density at radius 2 is 1.68 bits per heavy atom. The van der Waals surface area contributed by atoms with E-state index in [1.807, 2.05) is 7.05 Å². The van der Waals surface area contributed by atoms with Gasteiger partial charge in [0.2, 0.25) is 0 Å². The van der Waals surface area contributed by atoms with Gasteiger partial charge >= 0.3 is 0 Å². The molecule has 1 unspecified atom stereocenters. The number of anilines is 1. The van der Waals surface area contributed by atoms with Crippen LogP contribution in [0.25, 0.3) is 22.4 Å². The lowest BCUT2D eigenvalue weighted by Gasteiger charge is -2.49. The highest BCUT2D eigenvalue weighted by molar-refractivity contribution is 5.69. The molecule has 4 heterocycles. The summed E-state index contributed by atoms with van der Waals surface area (Å²) in [5, 5.41) is 8.01. The van der Waals surface area contributed by atoms with Crippen LogP contribution in [0.15, 0.2) is 36.9 Å². The van der Waals surface area contributed by atoms with Crippen LogP contribution in [0.4, 0.5) is 14.6 Å². The SMILES string of the molecule is CN(c1cnc(-c2ccc(-c3cnn(C4CCCCO4)c3)c(F)c2F)cn1)C1CC(C)(C)NC(C)(C)C1. The van der Waals surface area contributed by atoms with Crippen molar-refractivity contribution in [2.75, 3.05) is 18.6 Å². The maximum Gasteiger partial charge on any atom is 0.168 e. The predicted octanol–water partition coefficient (Wildman–Crippen LogP) is 5.73. The zero-order valence-corrected chi connectivity index (χ0v) is 22.3. The molecule has 0 saturated carbocycles. The molecule has 0 amide bonds. The van der Waals surface area contributed by atoms with Crippen molar-refractivity contribution in [2.24, 2.45) is 0 Å². The number of hydrogen-bond donors (Lipinski definition) is 1. The Labute approximate surface area is 217 Å². The second-order valence-electron chi connectivity index (χ2n) is 11.6. The van der Waals surface area contributed by atoms with Crippen LogP contribution in [-0.2, 0) is 4.74 Å². The summed E-state index contributed by atoms with van der Waals surface area (Å²) in [6.07, 6.45) is 11.1. The average Bonchev–Trinajstić information content (AvgIpc) is 3.34. The predicted molar refractivity (Wildman–Crippen MR) is 140 cm³/mol. The number of piperidine rings is 1. The lowest BCUT2D eigenvalue weighted by molar-refractivity contribution is -0.0394. The summed E-state index contributed by atoms with van der Waals surface area (Å²) in [6.45, 7) is 9.51. The smallest absolute Gasteiger partial charge is 0.168 e. The molecule has 37 heavy (non-hydrogen) atoms. The molecule has 1 atom stereocenters. The molecule has 2 aliphatic rings. The van der Waals surface area contributed by atoms with E-state index in [4.69, 9.17) is 4.74 Å². The maximum atomic E-state index is 15.2. The number of nitrogens with zero attached hydrogens (tertiary/aromatic N) is 5. The van der Waals surface area contributed by atoms with E-state index in [1.165, 1.54) is 6.20 Å². The van der Waals surface area contributed by atoms with Crippen LogP contribution >= 0.6 is 0 Å². The standard InChI is InChI=1S/C28H36F2N6O/c1-27(2)12-19(13-28(3,4)34-27)35(5)23-16-31-22(15-32-23)21-10-9-20(25(29)26(21)30)18-14-33-36(17-18)24-8-6-7-11-37-24/h9-10,14-17,19,24,34H,6-8,11-13H2,1-5H3. The zero-order valence-electron chi connectivity index (χ0n) is 22.3. The van der Waals surface area contributed by atoms with Crippen molar-refractivity contribution in [3.63, 3.8) is 0 Å². The third-order valence-electron chi connectivity index (χ3n) is 7.44. The Balaban J connectivity index is 1.35. The molecule has 3 aromatic rings. The van der Waals surface area contributed by atoms with Crippen LogP contribution in [-0.4, -0.2) is 50.5 Å². The summed E-state index contributed by atoms with van der Waals surface area (Å²) >= 11 is 0. The van der Waals surface area contributed by atoms with Gasteiger partial charge in [0.1, 0.15) is 12.0 Å². The topological polar surface area (TPSA) is 68.1 Å². The van der Waals surface area contributed by atoms with E-state index in [9.17, 15) is 0 Å². The van der Waals surface area contributed by atoms with Gasteiger partial charge in [-0.25, -0.2) is 18.4 Å². The van der Waals surface area contributed by atoms with Crippen LogP contribution in [0.1, 0.15) is 66.0 Å². The summed E-state index contributed by atoms with van der Waals surface area (Å²) in [6, 6.07) is 3.39. The summed E-state index contributed by atoms with van der Waals surface area (Å²) < 4.78 is 37.8. The van der Waals surface area contributed by atoms with Gasteiger partial charge in [-0.2, -0.15) is 5.10 Å². The molecule has 5 rings (SSSR count). The van der Waals surface area contributed by atoms with Gasteiger partial charge in [-0.05, 0) is 65.9 Å². The van der Waals surface area contributed by atoms with E-state index in [-0.39, 0.29) is 40.2 Å². The van der Waals surface area contributed by atoms with E-state index in [1.54, 1.807) is 35.4 Å². The number of halogens is 2. The molecule has 1 aromatic carbocycles. The van der Waals surface area contributed by atoms with E-state index in [2.05, 4.69) is 53.0 Å². The van der Waals surface area contributed by atoms with Crippen molar-refractivity contribution in [2.45, 2.75) is 83.1 Å². The van der Waals surface area contributed by atoms with Crippen molar-refractivity contribution in [3.05, 3.63) is 48.6 Å². The van der Waals surface area contributed by atoms with Gasteiger partial charge in [0.05, 0.1) is 24.3 Å². The second-order valence-corrected chi connectivity index (χ2v) is 11.6. The Morgan fingerprint density at radius 1 is 0.973 bits per heavy atom. The fourth-order valence-corrected chi connectivity index (χ4v) is 5.91. The molecule has 198 valence electrons. The monoisotopic (exact) mass is 510 g/mol. The van der Waals surface area contributed by atoms with E-state index in [0.29, 0.717) is 18.0 Å². The number of ether oxygens (including phenoxy) is 1. The first-order chi connectivity index (χ1) is 17.5. The fourth-order valence-electron chi connectivity index (χ4n) is 5.91. The summed E-state index contributed by atoms with van der Waals surface area (Å²) in [4.78, 5) is 11.1. The van der Waals surface area contributed by atoms with Crippen molar-refractivity contribution in [1.82, 2.24) is 25.1 Å². The fraction of sp³-hybridized carbons (Fsp3) is 0.536. The molecule has 0 aliphatic carbocycles. The summed E-state index contributed by atoms with van der Waals surface area (Å²) in [5.74, 6) is -1.17. The Morgan fingerprint density at radius 3 is 2.32 bits per heavy atom. The van der Waals surface area contributed by atoms with Crippen LogP contribution < -0.4 is 10.2 Å². The Kier molecular flexibility index (Phi) is 6.79. The van der Waals surface area contributed by atoms with Crippen LogP contribution in [0.5, 0.6) is 0 Å². The highest BCUT2D eigenvalue weighted by Gasteiger charge is 2.39. The molecule has 2 fully saturated rings. The van der Waals surface area contributed by atoms with Crippen molar-refractivity contribution in [3.8, 4) is 22.4 Å². The average molecular weight is 511 g/mol. The molecule has 7 nitrogen and oxygen atoms in total. The van der Waals surface area contributed by atoms with Gasteiger partial charge in [-0.15, -0.1) is 0 Å². The van der Waals surface area contributed by atoms with Gasteiger partial charge in [-0.1, -0.05) is 6.07 Å². The number of benzene rings is 1. The first-order valence-corrected chi connectivity index (χ1v) is 13.0. The maximum absolute atomic E-state index is 15.2. The van der Waals surface area contributed by atoms with Gasteiger partial charge in [0.25, 0.3) is 0 Å². The molecule has 2 aromatic heterocycles. The highest BCUT2D eigenvalue weighted by Crippen LogP contribution is 2.34. The lowest BCUT2D eigenvalue weighted by atomic mass is 9.79. The normalized spacial score (nSPS) is 21.6. The van der Waals surface area contributed by atoms with Crippen LogP contribution in [0, 0.1) is 11.6 Å². The molecule has 0 spiro atoms. The van der Waals surface area contributed by atoms with Crippen LogP contribution in [0.3, 0.4) is 0 Å². The molecule has 2 saturated heterocycles. The Hall–Kier alpha value is -2.91. The minimum atomic E-state index is -0.948. The number of aromatic nitrogens is 4. The van der Waals surface area contributed by atoms with Crippen LogP contribution in [0.2, 0.25) is 0 Å². The van der Waals surface area contributed by atoms with Crippen molar-refractivity contribution >= 4 is 5.82 Å². The molecular formula is C28H36F2N6O. The molecule has 0 bridgehead atoms. The van der Waals surface area contributed by atoms with Gasteiger partial charge in [0.15, 0.2) is 11.6 Å². The first-order valence-electron chi connectivity index (χ1n) is 13.0. The van der Waals surface area contributed by atoms with Crippen molar-refractivity contribution < 1.29 is 13.5 Å². The number of hydrogen-bond acceptors (Lipinski definition) is 6. The summed E-state index contributed by atoms with van der Waals surface area (Å²) in [7, 11) is 2.01. The minimum Gasteiger partial charge on any atom is -0.357 e. The third kappa shape index (κ3) is 5.38. The molecule has 1 N–H and O–H groups in total. The van der Waals surface area contributed by atoms with E-state index in [0.717, 1.165) is 32.1 Å². The second kappa shape index (κ2) is 9.76. The lowest BCUT2D eigenvalue weighted by Crippen LogP contribution is -2.62. The zero-order chi connectivity index (χ0) is 26.4. The largest absolute Gasteiger partial charge is 0.357 e. The van der Waals surface area contributed by atoms with E-state index >= 15 is 8.78 Å². The van der Waals surface area contributed by atoms with Gasteiger partial charge in [0, 0.05) is 53.7 Å². The molecule has 9 heteroatoms. The highest BCUT2D eigenvalue weighted by atomic mass is 19.2. The van der Waals surface area contributed by atoms with Gasteiger partial charge < -0.3 is 15.0 Å². The minimum absolute atomic E-state index is 0.00360. The van der Waals surface area contributed by atoms with Crippen molar-refractivity contribution in [1.29, 1.82) is 0 Å². The van der Waals surface area contributed by atoms with Gasteiger partial charge in [-0.3, -0.25) is 4.98 Å². The number of rotatable bonds is 5. The Bertz CT molecular complexity index is 1230. The molecule has 2 aliphatic heterocycles.